The van der Waals surface area contributed by atoms with Gasteiger partial charge in [-0.15, -0.1) is 0 Å². The van der Waals surface area contributed by atoms with Crippen molar-refractivity contribution in [2.75, 3.05) is 33.2 Å². The monoisotopic (exact) mass is 406 g/mol. The maximum Gasteiger partial charge on any atom is 0.242 e. The number of hydrogen-bond acceptors (Lipinski definition) is 6. The number of allylic oxidation sites excluding steroid dienone is 2. The van der Waals surface area contributed by atoms with Crippen LogP contribution in [0.15, 0.2) is 47.4 Å². The van der Waals surface area contributed by atoms with Gasteiger partial charge in [0, 0.05) is 31.9 Å². The van der Waals surface area contributed by atoms with Gasteiger partial charge in [-0.3, -0.25) is 24.6 Å². The first kappa shape index (κ1) is 19.5. The summed E-state index contributed by atoms with van der Waals surface area (Å²) < 4.78 is 0. The van der Waals surface area contributed by atoms with Crippen LogP contribution in [0, 0.1) is 6.92 Å². The first-order chi connectivity index (χ1) is 14.6. The fourth-order valence-electron chi connectivity index (χ4n) is 5.05. The lowest BCUT2D eigenvalue weighted by Gasteiger charge is -2.39. The summed E-state index contributed by atoms with van der Waals surface area (Å²) in [6.45, 7) is 5.05. The van der Waals surface area contributed by atoms with Gasteiger partial charge in [0.05, 0.1) is 24.3 Å². The third-order valence-electron chi connectivity index (χ3n) is 6.67. The van der Waals surface area contributed by atoms with Crippen molar-refractivity contribution in [1.29, 1.82) is 0 Å². The summed E-state index contributed by atoms with van der Waals surface area (Å²) in [6.07, 6.45) is 11.4. The first-order valence-corrected chi connectivity index (χ1v) is 11.0. The average molecular weight is 407 g/mol. The minimum absolute atomic E-state index is 0.162. The van der Waals surface area contributed by atoms with Crippen LogP contribution in [-0.2, 0) is 4.79 Å². The quantitative estimate of drug-likeness (QED) is 0.830. The number of fused-ring (bicyclic) bond motifs is 1. The van der Waals surface area contributed by atoms with Gasteiger partial charge in [-0.25, -0.2) is 0 Å². The second kappa shape index (κ2) is 7.96. The Kier molecular flexibility index (Phi) is 5.16. The lowest BCUT2D eigenvalue weighted by Crippen LogP contribution is -2.52. The summed E-state index contributed by atoms with van der Waals surface area (Å²) >= 11 is 0. The Bertz CT molecular complexity index is 922. The van der Waals surface area contributed by atoms with Crippen molar-refractivity contribution in [3.05, 3.63) is 53.6 Å². The number of aromatic nitrogens is 1. The Morgan fingerprint density at radius 2 is 2.10 bits per heavy atom. The number of amidine groups is 1. The van der Waals surface area contributed by atoms with Crippen LogP contribution in [0.1, 0.15) is 36.6 Å². The summed E-state index contributed by atoms with van der Waals surface area (Å²) in [6, 6.07) is 4.92. The molecule has 5 heterocycles. The van der Waals surface area contributed by atoms with E-state index in [0.717, 1.165) is 49.8 Å². The highest BCUT2D eigenvalue weighted by atomic mass is 16.2. The zero-order valence-electron chi connectivity index (χ0n) is 17.8. The average Bonchev–Trinajstić information content (AvgIpc) is 3.19. The number of likely N-dealkylation sites (N-methyl/N-ethyl adjacent to an activating group) is 1. The Morgan fingerprint density at radius 1 is 1.20 bits per heavy atom. The highest BCUT2D eigenvalue weighted by Gasteiger charge is 2.38. The maximum atomic E-state index is 12.6. The minimum atomic E-state index is 0.162. The predicted octanol–water partition coefficient (Wildman–Crippen LogP) is 1.84. The van der Waals surface area contributed by atoms with E-state index in [1.54, 1.807) is 0 Å². The van der Waals surface area contributed by atoms with E-state index in [9.17, 15) is 4.79 Å². The molecule has 7 nitrogen and oxygen atoms in total. The van der Waals surface area contributed by atoms with E-state index >= 15 is 0 Å². The van der Waals surface area contributed by atoms with E-state index in [-0.39, 0.29) is 18.0 Å². The highest BCUT2D eigenvalue weighted by molar-refractivity contribution is 5.97. The number of carbonyl (C=O) groups is 1. The molecular weight excluding hydrogens is 376 g/mol. The molecule has 1 aromatic heterocycles. The van der Waals surface area contributed by atoms with Gasteiger partial charge >= 0.3 is 0 Å². The molecule has 5 rings (SSSR count). The Labute approximate surface area is 178 Å². The van der Waals surface area contributed by atoms with Crippen LogP contribution in [-0.4, -0.2) is 76.7 Å². The number of rotatable bonds is 3. The lowest BCUT2D eigenvalue weighted by molar-refractivity contribution is -0.134. The van der Waals surface area contributed by atoms with Crippen LogP contribution in [0.25, 0.3) is 0 Å². The summed E-state index contributed by atoms with van der Waals surface area (Å²) in [7, 11) is 2.00. The van der Waals surface area contributed by atoms with E-state index in [0.29, 0.717) is 12.6 Å². The van der Waals surface area contributed by atoms with Crippen LogP contribution in [0.5, 0.6) is 0 Å². The summed E-state index contributed by atoms with van der Waals surface area (Å²) in [5, 5.41) is 3.84. The van der Waals surface area contributed by atoms with Gasteiger partial charge in [0.1, 0.15) is 11.7 Å². The molecule has 1 N–H and O–H groups in total. The second-order valence-corrected chi connectivity index (χ2v) is 8.79. The van der Waals surface area contributed by atoms with Gasteiger partial charge in [-0.05, 0) is 57.0 Å². The van der Waals surface area contributed by atoms with Crippen molar-refractivity contribution in [2.24, 2.45) is 4.99 Å². The van der Waals surface area contributed by atoms with Crippen molar-refractivity contribution in [2.45, 2.75) is 44.3 Å². The summed E-state index contributed by atoms with van der Waals surface area (Å²) in [5.41, 5.74) is 2.40. The molecule has 0 aromatic carbocycles. The fourth-order valence-corrected chi connectivity index (χ4v) is 5.05. The maximum absolute atomic E-state index is 12.6. The van der Waals surface area contributed by atoms with Crippen molar-refractivity contribution in [3.8, 4) is 0 Å². The SMILES string of the molecule is Cc1cccnc1[C@@H]1CCC[C@H](C2CN3C(N4CCN(C)CC4=O)=CC=CC3=N2)N1. The third-order valence-corrected chi connectivity index (χ3v) is 6.67. The molecule has 3 atom stereocenters. The van der Waals surface area contributed by atoms with Crippen LogP contribution in [0.2, 0.25) is 0 Å². The molecular formula is C23H30N6O. The van der Waals surface area contributed by atoms with E-state index in [1.165, 1.54) is 12.0 Å². The lowest BCUT2D eigenvalue weighted by atomic mass is 9.91. The molecule has 30 heavy (non-hydrogen) atoms. The molecule has 2 fully saturated rings. The number of nitrogens with zero attached hydrogens (tertiary/aromatic N) is 5. The van der Waals surface area contributed by atoms with Gasteiger partial charge < -0.3 is 10.2 Å². The minimum Gasteiger partial charge on any atom is -0.310 e. The standard InChI is InChI=1S/C23H30N6O/c1-16-6-5-11-24-23(16)18-8-3-7-17(25-18)19-14-29-20(26-19)9-4-10-21(29)28-13-12-27(2)15-22(28)30/h4-6,9-11,17-19,25H,3,7-8,12-15H2,1-2H3/t17-,18+,19?/m1/s1. The number of piperidine rings is 1. The largest absolute Gasteiger partial charge is 0.310 e. The molecule has 4 aliphatic rings. The number of carbonyl (C=O) groups excluding carboxylic acids is 1. The summed E-state index contributed by atoms with van der Waals surface area (Å²) in [5.74, 6) is 2.11. The van der Waals surface area contributed by atoms with Crippen LogP contribution < -0.4 is 5.32 Å². The molecule has 0 bridgehead atoms. The Hall–Kier alpha value is -2.51. The van der Waals surface area contributed by atoms with E-state index < -0.39 is 0 Å². The number of pyridine rings is 1. The molecule has 4 aliphatic heterocycles. The summed E-state index contributed by atoms with van der Waals surface area (Å²) in [4.78, 5) is 28.6. The normalized spacial score (nSPS) is 29.7. The molecule has 158 valence electrons. The van der Waals surface area contributed by atoms with E-state index in [2.05, 4.69) is 45.2 Å². The zero-order valence-corrected chi connectivity index (χ0v) is 17.8. The second-order valence-electron chi connectivity index (χ2n) is 8.79. The fraction of sp³-hybridized carbons (Fsp3) is 0.522. The molecule has 0 radical (unpaired) electrons. The van der Waals surface area contributed by atoms with Crippen molar-refractivity contribution in [1.82, 2.24) is 25.0 Å². The molecule has 7 heteroatoms. The van der Waals surface area contributed by atoms with Crippen LogP contribution in [0.4, 0.5) is 0 Å². The molecule has 2 saturated heterocycles. The van der Waals surface area contributed by atoms with Crippen molar-refractivity contribution in [3.63, 3.8) is 0 Å². The predicted molar refractivity (Wildman–Crippen MR) is 117 cm³/mol. The number of aliphatic imine (C=N–C) groups is 1. The molecule has 1 unspecified atom stereocenters. The molecule has 0 spiro atoms. The number of aryl methyl sites for hydroxylation is 1. The van der Waals surface area contributed by atoms with Crippen LogP contribution >= 0.6 is 0 Å². The topological polar surface area (TPSA) is 64.1 Å². The highest BCUT2D eigenvalue weighted by Crippen LogP contribution is 2.31. The van der Waals surface area contributed by atoms with E-state index in [4.69, 9.17) is 4.99 Å². The molecule has 1 amide bonds. The molecule has 0 aliphatic carbocycles. The van der Waals surface area contributed by atoms with Crippen molar-refractivity contribution >= 4 is 11.7 Å². The Balaban J connectivity index is 1.31. The molecule has 1 aromatic rings. The van der Waals surface area contributed by atoms with Gasteiger partial charge in [-0.1, -0.05) is 12.1 Å². The van der Waals surface area contributed by atoms with Gasteiger partial charge in [0.15, 0.2) is 0 Å². The number of hydrogen-bond donors (Lipinski definition) is 1. The van der Waals surface area contributed by atoms with Gasteiger partial charge in [-0.2, -0.15) is 0 Å². The molecule has 0 saturated carbocycles. The smallest absolute Gasteiger partial charge is 0.242 e. The number of piperazine rings is 1. The van der Waals surface area contributed by atoms with Gasteiger partial charge in [0.2, 0.25) is 5.91 Å². The Morgan fingerprint density at radius 3 is 2.93 bits per heavy atom. The number of nitrogens with one attached hydrogen (secondary N) is 1. The van der Waals surface area contributed by atoms with Crippen molar-refractivity contribution < 1.29 is 4.79 Å². The van der Waals surface area contributed by atoms with Crippen LogP contribution in [0.3, 0.4) is 0 Å². The number of amides is 1. The van der Waals surface area contributed by atoms with Gasteiger partial charge in [0.25, 0.3) is 0 Å². The first-order valence-electron chi connectivity index (χ1n) is 11.0. The zero-order chi connectivity index (χ0) is 20.7. The third kappa shape index (κ3) is 3.56. The van der Waals surface area contributed by atoms with E-state index in [1.807, 2.05) is 30.3 Å².